The van der Waals surface area contributed by atoms with Gasteiger partial charge < -0.3 is 14.2 Å². The number of ketones is 1. The van der Waals surface area contributed by atoms with Crippen LogP contribution < -0.4 is 15.2 Å². The number of aromatic nitrogens is 1. The molecule has 1 aliphatic heterocycles. The van der Waals surface area contributed by atoms with Crippen LogP contribution in [0.25, 0.3) is 0 Å². The lowest BCUT2D eigenvalue weighted by Gasteiger charge is -2.28. The first-order chi connectivity index (χ1) is 12.0. The number of hydrogen-bond donors (Lipinski definition) is 0. The highest BCUT2D eigenvalue weighted by atomic mass is 16.5. The highest BCUT2D eigenvalue weighted by Gasteiger charge is 2.25. The molecule has 1 aliphatic rings. The summed E-state index contributed by atoms with van der Waals surface area (Å²) in [6, 6.07) is 8.08. The predicted octanol–water partition coefficient (Wildman–Crippen LogP) is 1.95. The molecule has 0 aliphatic carbocycles. The van der Waals surface area contributed by atoms with Gasteiger partial charge in [-0.1, -0.05) is 12.1 Å². The average molecular weight is 338 g/mol. The second-order valence-electron chi connectivity index (χ2n) is 5.86. The van der Waals surface area contributed by atoms with Crippen LogP contribution in [0.15, 0.2) is 54.0 Å². The summed E-state index contributed by atoms with van der Waals surface area (Å²) in [4.78, 5) is 38.0. The Hall–Kier alpha value is -3.15. The first kappa shape index (κ1) is 16.7. The Balaban J connectivity index is 1.92. The van der Waals surface area contributed by atoms with Gasteiger partial charge in [-0.15, -0.1) is 6.58 Å². The fraction of sp³-hybridized carbons (Fsp3) is 0.211. The Labute approximate surface area is 145 Å². The summed E-state index contributed by atoms with van der Waals surface area (Å²) >= 11 is 0. The smallest absolute Gasteiger partial charge is 0.265 e. The van der Waals surface area contributed by atoms with Gasteiger partial charge in [0, 0.05) is 24.4 Å². The van der Waals surface area contributed by atoms with Crippen molar-refractivity contribution in [1.82, 2.24) is 4.57 Å². The molecule has 1 aromatic carbocycles. The molecule has 0 N–H and O–H groups in total. The maximum Gasteiger partial charge on any atom is 0.265 e. The third kappa shape index (κ3) is 3.38. The van der Waals surface area contributed by atoms with Crippen LogP contribution in [0.4, 0.5) is 5.69 Å². The number of ether oxygens (including phenoxy) is 1. The van der Waals surface area contributed by atoms with E-state index >= 15 is 0 Å². The molecule has 6 heteroatoms. The minimum atomic E-state index is -0.233. The third-order valence-electron chi connectivity index (χ3n) is 3.98. The van der Waals surface area contributed by atoms with E-state index in [1.165, 1.54) is 15.5 Å². The number of rotatable bonds is 5. The molecule has 0 spiro atoms. The Morgan fingerprint density at radius 2 is 2.08 bits per heavy atom. The van der Waals surface area contributed by atoms with E-state index in [0.29, 0.717) is 23.5 Å². The molecule has 0 bridgehead atoms. The molecule has 1 amide bonds. The van der Waals surface area contributed by atoms with Crippen LogP contribution in [-0.2, 0) is 11.3 Å². The standard InChI is InChI=1S/C19H18N2O4/c1-3-8-21-15-9-14(5-6-17(15)25-12-19(21)24)16(22)11-20-10-13(2)4-7-18(20)23/h3-7,9-10H,1,8,11-12H2,2H3. The van der Waals surface area contributed by atoms with E-state index in [4.69, 9.17) is 4.74 Å². The zero-order valence-electron chi connectivity index (χ0n) is 13.9. The summed E-state index contributed by atoms with van der Waals surface area (Å²) in [5, 5.41) is 0. The van der Waals surface area contributed by atoms with Crippen molar-refractivity contribution in [3.05, 3.63) is 70.7 Å². The molecule has 1 aromatic heterocycles. The molecule has 128 valence electrons. The van der Waals surface area contributed by atoms with Crippen molar-refractivity contribution in [1.29, 1.82) is 0 Å². The molecule has 25 heavy (non-hydrogen) atoms. The summed E-state index contributed by atoms with van der Waals surface area (Å²) in [5.74, 6) is 0.143. The van der Waals surface area contributed by atoms with Crippen LogP contribution >= 0.6 is 0 Å². The summed E-state index contributed by atoms with van der Waals surface area (Å²) in [6.45, 7) is 5.75. The number of amides is 1. The Morgan fingerprint density at radius 1 is 1.28 bits per heavy atom. The van der Waals surface area contributed by atoms with Crippen molar-refractivity contribution < 1.29 is 14.3 Å². The molecule has 0 saturated carbocycles. The lowest BCUT2D eigenvalue weighted by atomic mass is 10.1. The minimum Gasteiger partial charge on any atom is -0.482 e. The van der Waals surface area contributed by atoms with Gasteiger partial charge in [0.25, 0.3) is 11.5 Å². The van der Waals surface area contributed by atoms with Crippen molar-refractivity contribution in [2.45, 2.75) is 13.5 Å². The fourth-order valence-corrected chi connectivity index (χ4v) is 2.73. The van der Waals surface area contributed by atoms with E-state index in [1.807, 2.05) is 6.92 Å². The number of Topliss-reactive ketones (excluding diaryl/α,β-unsaturated/α-hetero) is 1. The summed E-state index contributed by atoms with van der Waals surface area (Å²) in [6.07, 6.45) is 3.27. The van der Waals surface area contributed by atoms with Gasteiger partial charge in [-0.2, -0.15) is 0 Å². The lowest BCUT2D eigenvalue weighted by Crippen LogP contribution is -2.39. The van der Waals surface area contributed by atoms with Crippen molar-refractivity contribution >= 4 is 17.4 Å². The van der Waals surface area contributed by atoms with Gasteiger partial charge in [-0.25, -0.2) is 0 Å². The molecule has 6 nitrogen and oxygen atoms in total. The fourth-order valence-electron chi connectivity index (χ4n) is 2.73. The maximum absolute atomic E-state index is 12.6. The third-order valence-corrected chi connectivity index (χ3v) is 3.98. The molecule has 0 fully saturated rings. The first-order valence-corrected chi connectivity index (χ1v) is 7.88. The molecule has 0 radical (unpaired) electrons. The topological polar surface area (TPSA) is 68.6 Å². The van der Waals surface area contributed by atoms with Crippen molar-refractivity contribution in [3.8, 4) is 5.75 Å². The molecular weight excluding hydrogens is 320 g/mol. The van der Waals surface area contributed by atoms with Crippen LogP contribution in [-0.4, -0.2) is 29.4 Å². The second kappa shape index (κ2) is 6.76. The molecule has 0 saturated heterocycles. The summed E-state index contributed by atoms with van der Waals surface area (Å²) in [5.41, 5.74) is 1.62. The van der Waals surface area contributed by atoms with Crippen molar-refractivity contribution in [3.63, 3.8) is 0 Å². The van der Waals surface area contributed by atoms with E-state index in [9.17, 15) is 14.4 Å². The predicted molar refractivity (Wildman–Crippen MR) is 94.3 cm³/mol. The Bertz CT molecular complexity index is 914. The highest BCUT2D eigenvalue weighted by Crippen LogP contribution is 2.33. The normalized spacial score (nSPS) is 13.2. The largest absolute Gasteiger partial charge is 0.482 e. The Kier molecular flexibility index (Phi) is 4.52. The van der Waals surface area contributed by atoms with Crippen molar-refractivity contribution in [2.75, 3.05) is 18.1 Å². The molecular formula is C19H18N2O4. The number of nitrogens with zero attached hydrogens (tertiary/aromatic N) is 2. The van der Waals surface area contributed by atoms with E-state index < -0.39 is 0 Å². The quantitative estimate of drug-likeness (QED) is 0.617. The average Bonchev–Trinajstić information content (AvgIpc) is 2.60. The van der Waals surface area contributed by atoms with E-state index in [0.717, 1.165) is 5.56 Å². The van der Waals surface area contributed by atoms with Crippen LogP contribution in [0.2, 0.25) is 0 Å². The number of aryl methyl sites for hydroxylation is 1. The van der Waals surface area contributed by atoms with Crippen LogP contribution in [0.1, 0.15) is 15.9 Å². The number of carbonyl (C=O) groups is 2. The zero-order chi connectivity index (χ0) is 18.0. The van der Waals surface area contributed by atoms with E-state index in [-0.39, 0.29) is 30.4 Å². The van der Waals surface area contributed by atoms with Gasteiger partial charge in [0.05, 0.1) is 12.2 Å². The van der Waals surface area contributed by atoms with E-state index in [2.05, 4.69) is 6.58 Å². The minimum absolute atomic E-state index is 0.0349. The monoisotopic (exact) mass is 338 g/mol. The number of fused-ring (bicyclic) bond motifs is 1. The molecule has 2 aromatic rings. The number of hydrogen-bond acceptors (Lipinski definition) is 4. The maximum atomic E-state index is 12.6. The summed E-state index contributed by atoms with van der Waals surface area (Å²) in [7, 11) is 0. The first-order valence-electron chi connectivity index (χ1n) is 7.88. The van der Waals surface area contributed by atoms with Gasteiger partial charge in [-0.3, -0.25) is 14.4 Å². The van der Waals surface area contributed by atoms with Gasteiger partial charge in [0.15, 0.2) is 12.4 Å². The van der Waals surface area contributed by atoms with Crippen molar-refractivity contribution in [2.24, 2.45) is 0 Å². The number of benzene rings is 1. The van der Waals surface area contributed by atoms with E-state index in [1.54, 1.807) is 36.5 Å². The molecule has 0 unspecified atom stereocenters. The Morgan fingerprint density at radius 3 is 2.84 bits per heavy atom. The number of carbonyl (C=O) groups excluding carboxylic acids is 2. The second-order valence-corrected chi connectivity index (χ2v) is 5.86. The molecule has 2 heterocycles. The van der Waals surface area contributed by atoms with Crippen LogP contribution in [0.5, 0.6) is 5.75 Å². The van der Waals surface area contributed by atoms with Crippen LogP contribution in [0, 0.1) is 6.92 Å². The zero-order valence-corrected chi connectivity index (χ0v) is 13.9. The van der Waals surface area contributed by atoms with Gasteiger partial charge in [0.2, 0.25) is 0 Å². The lowest BCUT2D eigenvalue weighted by molar-refractivity contribution is -0.121. The van der Waals surface area contributed by atoms with Crippen LogP contribution in [0.3, 0.4) is 0 Å². The summed E-state index contributed by atoms with van der Waals surface area (Å²) < 4.78 is 6.78. The molecule has 3 rings (SSSR count). The SMILES string of the molecule is C=CCN1C(=O)COc2ccc(C(=O)Cn3cc(C)ccc3=O)cc21. The van der Waals surface area contributed by atoms with Gasteiger partial charge in [0.1, 0.15) is 5.75 Å². The number of anilines is 1. The van der Waals surface area contributed by atoms with Gasteiger partial charge >= 0.3 is 0 Å². The number of pyridine rings is 1. The highest BCUT2D eigenvalue weighted by molar-refractivity contribution is 6.02. The molecule has 0 atom stereocenters. The van der Waals surface area contributed by atoms with Gasteiger partial charge in [-0.05, 0) is 30.7 Å².